The molecule has 0 spiro atoms. The summed E-state index contributed by atoms with van der Waals surface area (Å²) in [5.74, 6) is 0.743. The molecular weight excluding hydrogens is 377 g/mol. The number of allylic oxidation sites excluding steroid dienone is 3. The van der Waals surface area contributed by atoms with E-state index >= 15 is 0 Å². The van der Waals surface area contributed by atoms with Gasteiger partial charge >= 0.3 is 5.97 Å². The Kier molecular flexibility index (Phi) is 5.12. The van der Waals surface area contributed by atoms with Gasteiger partial charge in [-0.1, -0.05) is 0 Å². The van der Waals surface area contributed by atoms with Crippen LogP contribution in [0.15, 0.2) is 36.0 Å². The van der Waals surface area contributed by atoms with E-state index in [0.717, 1.165) is 25.1 Å². The van der Waals surface area contributed by atoms with E-state index in [9.17, 15) is 9.18 Å². The van der Waals surface area contributed by atoms with E-state index in [0.29, 0.717) is 17.9 Å². The molecule has 9 heteroatoms. The van der Waals surface area contributed by atoms with Crippen molar-refractivity contribution in [3.8, 4) is 0 Å². The average Bonchev–Trinajstić information content (AvgIpc) is 3.31. The van der Waals surface area contributed by atoms with Crippen molar-refractivity contribution in [2.45, 2.75) is 32.2 Å². The third-order valence-corrected chi connectivity index (χ3v) is 5.48. The number of nitrogens with zero attached hydrogens (tertiary/aromatic N) is 4. The van der Waals surface area contributed by atoms with Gasteiger partial charge in [-0.15, -0.1) is 5.10 Å². The van der Waals surface area contributed by atoms with Gasteiger partial charge in [0.2, 0.25) is 0 Å². The number of rotatable bonds is 5. The summed E-state index contributed by atoms with van der Waals surface area (Å²) < 4.78 is 26.1. The van der Waals surface area contributed by atoms with Crippen molar-refractivity contribution >= 4 is 23.3 Å². The third-order valence-electron chi connectivity index (χ3n) is 5.48. The highest BCUT2D eigenvalue weighted by atomic mass is 19.1. The number of methoxy groups -OCH3 is 1. The van der Waals surface area contributed by atoms with Gasteiger partial charge in [0.05, 0.1) is 13.7 Å². The molecule has 2 atom stereocenters. The summed E-state index contributed by atoms with van der Waals surface area (Å²) >= 11 is 0. The molecule has 1 fully saturated rings. The van der Waals surface area contributed by atoms with Gasteiger partial charge in [0.25, 0.3) is 0 Å². The van der Waals surface area contributed by atoms with Crippen LogP contribution in [0.5, 0.6) is 0 Å². The molecule has 154 valence electrons. The Balaban J connectivity index is 1.70. The van der Waals surface area contributed by atoms with Crippen LogP contribution in [0.3, 0.4) is 0 Å². The highest BCUT2D eigenvalue weighted by molar-refractivity contribution is 6.00. The first-order valence-electron chi connectivity index (χ1n) is 9.72. The van der Waals surface area contributed by atoms with Crippen LogP contribution in [0.4, 0.5) is 16.0 Å². The topological polar surface area (TPSA) is 95.0 Å². The molecule has 0 aromatic carbocycles. The van der Waals surface area contributed by atoms with Crippen LogP contribution >= 0.6 is 0 Å². The van der Waals surface area contributed by atoms with Gasteiger partial charge in [0.15, 0.2) is 11.5 Å². The number of hydrogen-bond donors (Lipinski definition) is 1. The predicted molar refractivity (Wildman–Crippen MR) is 106 cm³/mol. The monoisotopic (exact) mass is 401 g/mol. The van der Waals surface area contributed by atoms with E-state index in [2.05, 4.69) is 15.0 Å². The molecule has 2 N–H and O–H groups in total. The number of nitrogen functional groups attached to an aromatic ring is 1. The summed E-state index contributed by atoms with van der Waals surface area (Å²) in [6, 6.07) is 1.87. The number of fused-ring (bicyclic) bond motifs is 1. The Morgan fingerprint density at radius 2 is 2.24 bits per heavy atom. The number of nitrogens with two attached hydrogens (primary N) is 1. The molecule has 1 aliphatic carbocycles. The second-order valence-corrected chi connectivity index (χ2v) is 7.13. The van der Waals surface area contributed by atoms with Crippen LogP contribution < -0.4 is 10.6 Å². The zero-order chi connectivity index (χ0) is 20.5. The highest BCUT2D eigenvalue weighted by Gasteiger charge is 2.37. The van der Waals surface area contributed by atoms with E-state index in [1.165, 1.54) is 10.6 Å². The van der Waals surface area contributed by atoms with Gasteiger partial charge in [-0.25, -0.2) is 18.7 Å². The van der Waals surface area contributed by atoms with E-state index < -0.39 is 5.97 Å². The highest BCUT2D eigenvalue weighted by Crippen LogP contribution is 2.38. The Labute approximate surface area is 167 Å². The number of halogens is 1. The van der Waals surface area contributed by atoms with Crippen molar-refractivity contribution in [2.24, 2.45) is 5.92 Å². The molecule has 0 saturated carbocycles. The predicted octanol–water partition coefficient (Wildman–Crippen LogP) is 2.86. The minimum atomic E-state index is -0.549. The second-order valence-electron chi connectivity index (χ2n) is 7.13. The zero-order valence-corrected chi connectivity index (χ0v) is 16.5. The van der Waals surface area contributed by atoms with Crippen LogP contribution in [0.25, 0.3) is 5.65 Å². The molecule has 2 aliphatic rings. The van der Waals surface area contributed by atoms with Crippen molar-refractivity contribution in [3.63, 3.8) is 0 Å². The maximum absolute atomic E-state index is 14.0. The molecular formula is C20H24FN5O3. The number of carbonyl (C=O) groups excluding carboxylic acids is 1. The van der Waals surface area contributed by atoms with E-state index in [1.54, 1.807) is 26.3 Å². The van der Waals surface area contributed by atoms with Crippen molar-refractivity contribution in [1.29, 1.82) is 0 Å². The molecule has 4 rings (SSSR count). The zero-order valence-electron chi connectivity index (χ0n) is 16.5. The summed E-state index contributed by atoms with van der Waals surface area (Å²) in [7, 11) is 1.61. The number of anilines is 2. The minimum absolute atomic E-state index is 0.0434. The van der Waals surface area contributed by atoms with Crippen LogP contribution in [0.1, 0.15) is 36.5 Å². The van der Waals surface area contributed by atoms with Gasteiger partial charge in [0, 0.05) is 31.1 Å². The third kappa shape index (κ3) is 3.41. The van der Waals surface area contributed by atoms with Gasteiger partial charge in [0.1, 0.15) is 23.0 Å². The Morgan fingerprint density at radius 3 is 3.00 bits per heavy atom. The van der Waals surface area contributed by atoms with Crippen LogP contribution in [-0.2, 0) is 9.47 Å². The lowest BCUT2D eigenvalue weighted by molar-refractivity contribution is 0.0529. The fourth-order valence-corrected chi connectivity index (χ4v) is 4.21. The maximum atomic E-state index is 14.0. The average molecular weight is 401 g/mol. The lowest BCUT2D eigenvalue weighted by Gasteiger charge is -2.34. The largest absolute Gasteiger partial charge is 0.501 e. The lowest BCUT2D eigenvalue weighted by atomic mass is 9.88. The fourth-order valence-electron chi connectivity index (χ4n) is 4.21. The molecule has 0 bridgehead atoms. The SMILES string of the molecule is CCOC(=O)c1c(N)nn2ccc(N3CCC[C@H]3C3CC(F)=CC=C3OC)nc12. The molecule has 1 unspecified atom stereocenters. The molecule has 8 nitrogen and oxygen atoms in total. The van der Waals surface area contributed by atoms with Crippen molar-refractivity contribution in [1.82, 2.24) is 14.6 Å². The number of aromatic nitrogens is 3. The first-order valence-corrected chi connectivity index (χ1v) is 9.72. The summed E-state index contributed by atoms with van der Waals surface area (Å²) in [4.78, 5) is 19.1. The van der Waals surface area contributed by atoms with Crippen LogP contribution in [0.2, 0.25) is 0 Å². The first kappa shape index (κ1) is 19.2. The number of esters is 1. The Bertz CT molecular complexity index is 999. The fraction of sp³-hybridized carbons (Fsp3) is 0.450. The molecule has 2 aromatic rings. The smallest absolute Gasteiger partial charge is 0.345 e. The van der Waals surface area contributed by atoms with E-state index in [4.69, 9.17) is 15.2 Å². The van der Waals surface area contributed by atoms with Gasteiger partial charge in [-0.05, 0) is 38.0 Å². The van der Waals surface area contributed by atoms with Crippen molar-refractivity contribution in [3.05, 3.63) is 41.6 Å². The van der Waals surface area contributed by atoms with Crippen LogP contribution in [-0.4, -0.2) is 46.9 Å². The van der Waals surface area contributed by atoms with E-state index in [1.807, 2.05) is 6.07 Å². The summed E-state index contributed by atoms with van der Waals surface area (Å²) in [5, 5.41) is 4.15. The lowest BCUT2D eigenvalue weighted by Crippen LogP contribution is -2.38. The van der Waals surface area contributed by atoms with Gasteiger partial charge < -0.3 is 20.1 Å². The minimum Gasteiger partial charge on any atom is -0.501 e. The normalized spacial score (nSPS) is 21.8. The summed E-state index contributed by atoms with van der Waals surface area (Å²) in [6.45, 7) is 2.74. The van der Waals surface area contributed by atoms with Gasteiger partial charge in [-0.2, -0.15) is 0 Å². The van der Waals surface area contributed by atoms with E-state index in [-0.39, 0.29) is 35.8 Å². The second kappa shape index (κ2) is 7.73. The van der Waals surface area contributed by atoms with Crippen molar-refractivity contribution in [2.75, 3.05) is 30.9 Å². The molecule has 0 amide bonds. The maximum Gasteiger partial charge on any atom is 0.345 e. The van der Waals surface area contributed by atoms with Crippen molar-refractivity contribution < 1.29 is 18.7 Å². The first-order chi connectivity index (χ1) is 14.0. The Morgan fingerprint density at radius 1 is 1.41 bits per heavy atom. The molecule has 1 aliphatic heterocycles. The molecule has 3 heterocycles. The number of carbonyl (C=O) groups is 1. The summed E-state index contributed by atoms with van der Waals surface area (Å²) in [6.07, 6.45) is 7.05. The molecule has 0 radical (unpaired) electrons. The Hall–Kier alpha value is -3.10. The molecule has 29 heavy (non-hydrogen) atoms. The molecule has 1 saturated heterocycles. The summed E-state index contributed by atoms with van der Waals surface area (Å²) in [5.41, 5.74) is 6.43. The van der Waals surface area contributed by atoms with Crippen LogP contribution in [0, 0.1) is 5.92 Å². The standard InChI is InChI=1S/C20H24FN5O3/c1-3-29-20(27)17-18(22)24-26-10-8-16(23-19(17)26)25-9-4-5-14(25)13-11-12(21)6-7-15(13)28-2/h6-8,10,13-14H,3-5,9,11H2,1-2H3,(H2,22,24)/t13?,14-/m0/s1. The van der Waals surface area contributed by atoms with Gasteiger partial charge in [-0.3, -0.25) is 0 Å². The number of ether oxygens (including phenoxy) is 2. The quantitative estimate of drug-likeness (QED) is 0.770. The molecule has 2 aromatic heterocycles. The number of hydrogen-bond acceptors (Lipinski definition) is 7.